The Hall–Kier alpha value is -2.35. The number of hydrogen-bond acceptors (Lipinski definition) is 9. The Kier molecular flexibility index (Phi) is 7.65. The Balaban J connectivity index is 1.49. The number of oxazole rings is 1. The van der Waals surface area contributed by atoms with E-state index in [0.29, 0.717) is 45.8 Å². The van der Waals surface area contributed by atoms with Crippen molar-refractivity contribution in [3.8, 4) is 0 Å². The van der Waals surface area contributed by atoms with Crippen LogP contribution in [0.3, 0.4) is 0 Å². The molecule has 34 heavy (non-hydrogen) atoms. The summed E-state index contributed by atoms with van der Waals surface area (Å²) in [5, 5.41) is 14.4. The van der Waals surface area contributed by atoms with Gasteiger partial charge in [-0.25, -0.2) is 14.0 Å². The van der Waals surface area contributed by atoms with Crippen molar-refractivity contribution < 1.29 is 28.1 Å². The average Bonchev–Trinajstić information content (AvgIpc) is 3.50. The first kappa shape index (κ1) is 24.8. The van der Waals surface area contributed by atoms with Crippen LogP contribution in [-0.2, 0) is 38.5 Å². The van der Waals surface area contributed by atoms with E-state index >= 15 is 0 Å². The second-order valence-electron chi connectivity index (χ2n) is 7.35. The fourth-order valence-electron chi connectivity index (χ4n) is 3.62. The van der Waals surface area contributed by atoms with E-state index in [0.717, 1.165) is 5.69 Å². The van der Waals surface area contributed by atoms with Crippen LogP contribution in [-0.4, -0.2) is 64.8 Å². The van der Waals surface area contributed by atoms with E-state index in [1.54, 1.807) is 17.5 Å². The normalized spacial score (nSPS) is 19.5. The van der Waals surface area contributed by atoms with Crippen LogP contribution in [0.5, 0.6) is 0 Å². The van der Waals surface area contributed by atoms with Gasteiger partial charge in [-0.05, 0) is 23.4 Å². The lowest BCUT2D eigenvalue weighted by Crippen LogP contribution is -2.71. The van der Waals surface area contributed by atoms with E-state index in [2.05, 4.69) is 10.3 Å². The summed E-state index contributed by atoms with van der Waals surface area (Å²) >= 11 is 4.08. The Morgan fingerprint density at radius 2 is 2.15 bits per heavy atom. The van der Waals surface area contributed by atoms with Gasteiger partial charge < -0.3 is 14.8 Å². The van der Waals surface area contributed by atoms with E-state index in [4.69, 9.17) is 4.42 Å². The molecule has 0 radical (unpaired) electrons. The number of nitrogens with one attached hydrogen (secondary N) is 1. The Morgan fingerprint density at radius 3 is 2.76 bits per heavy atom. The highest BCUT2D eigenvalue weighted by Gasteiger charge is 2.54. The van der Waals surface area contributed by atoms with Crippen molar-refractivity contribution in [2.24, 2.45) is 0 Å². The molecule has 2 amide bonds. The Morgan fingerprint density at radius 1 is 1.35 bits per heavy atom. The number of carboxylic acids is 1. The highest BCUT2D eigenvalue weighted by molar-refractivity contribution is 8.01. The summed E-state index contributed by atoms with van der Waals surface area (Å²) in [7, 11) is 0. The predicted octanol–water partition coefficient (Wildman–Crippen LogP) is 2.13. The lowest BCUT2D eigenvalue weighted by atomic mass is 10.0. The zero-order chi connectivity index (χ0) is 24.4. The molecule has 2 aliphatic heterocycles. The number of rotatable bonds is 9. The molecule has 4 heterocycles. The van der Waals surface area contributed by atoms with Gasteiger partial charge in [0.05, 0.1) is 10.6 Å². The summed E-state index contributed by atoms with van der Waals surface area (Å²) in [4.78, 5) is 43.8. The second kappa shape index (κ2) is 10.5. The van der Waals surface area contributed by atoms with Gasteiger partial charge in [0, 0.05) is 17.9 Å². The van der Waals surface area contributed by atoms with Crippen LogP contribution >= 0.6 is 34.9 Å². The minimum atomic E-state index is -1.19. The lowest BCUT2D eigenvalue weighted by Gasteiger charge is -2.49. The molecule has 0 bridgehead atoms. The molecule has 9 nitrogen and oxygen atoms in total. The lowest BCUT2D eigenvalue weighted by molar-refractivity contribution is -0.150. The maximum absolute atomic E-state index is 12.9. The van der Waals surface area contributed by atoms with E-state index in [-0.39, 0.29) is 21.8 Å². The number of nitrogens with zero attached hydrogens (tertiary/aromatic N) is 2. The molecular formula is C21H21N3O6S4. The van der Waals surface area contributed by atoms with Crippen LogP contribution in [0.2, 0.25) is 0 Å². The Bertz CT molecular complexity index is 1220. The minimum absolute atomic E-state index is 0.0154. The van der Waals surface area contributed by atoms with Crippen molar-refractivity contribution in [1.29, 1.82) is 0 Å². The Labute approximate surface area is 211 Å². The van der Waals surface area contributed by atoms with Crippen molar-refractivity contribution >= 4 is 68.8 Å². The molecule has 0 saturated carbocycles. The molecule has 2 aromatic rings. The number of β-lactam (4-membered cyclic amide) rings is 1. The van der Waals surface area contributed by atoms with Crippen LogP contribution in [0.25, 0.3) is 0 Å². The third-order valence-electron chi connectivity index (χ3n) is 5.29. The summed E-state index contributed by atoms with van der Waals surface area (Å²) < 4.78 is 17.3. The number of amides is 2. The summed E-state index contributed by atoms with van der Waals surface area (Å²) in [6, 6.07) is 2.49. The molecule has 2 aromatic heterocycles. The second-order valence-corrected chi connectivity index (χ2v) is 10.9. The SMILES string of the molecule is CCc1nc(CC)c(SCC2=C(C(=O)O)N3C(=O)C(NC(=O)C(=S=O)c4cccs4)[C@H]3SC2)o1. The molecule has 4 rings (SSSR count). The van der Waals surface area contributed by atoms with E-state index in [1.165, 1.54) is 39.8 Å². The number of aliphatic carboxylic acids is 1. The summed E-state index contributed by atoms with van der Waals surface area (Å²) in [6.45, 7) is 3.93. The van der Waals surface area contributed by atoms with Gasteiger partial charge in [-0.1, -0.05) is 31.7 Å². The van der Waals surface area contributed by atoms with Crippen molar-refractivity contribution in [2.45, 2.75) is 43.2 Å². The van der Waals surface area contributed by atoms with Crippen LogP contribution in [0, 0.1) is 0 Å². The van der Waals surface area contributed by atoms with E-state index in [1.807, 2.05) is 13.8 Å². The zero-order valence-electron chi connectivity index (χ0n) is 18.2. The van der Waals surface area contributed by atoms with Crippen LogP contribution in [0.15, 0.2) is 38.3 Å². The number of aromatic nitrogens is 1. The quantitative estimate of drug-likeness (QED) is 0.213. The van der Waals surface area contributed by atoms with Crippen LogP contribution in [0.1, 0.15) is 30.3 Å². The van der Waals surface area contributed by atoms with Gasteiger partial charge in [-0.2, -0.15) is 0 Å². The molecule has 1 fully saturated rings. The fraction of sp³-hybridized carbons (Fsp3) is 0.381. The van der Waals surface area contributed by atoms with Gasteiger partial charge in [0.25, 0.3) is 11.8 Å². The molecule has 2 aliphatic rings. The van der Waals surface area contributed by atoms with E-state index in [9.17, 15) is 23.7 Å². The fourth-order valence-corrected chi connectivity index (χ4v) is 7.35. The molecule has 2 N–H and O–H groups in total. The summed E-state index contributed by atoms with van der Waals surface area (Å²) in [6.07, 6.45) is 1.37. The number of thiophene rings is 1. The van der Waals surface area contributed by atoms with Crippen molar-refractivity contribution in [3.63, 3.8) is 0 Å². The molecule has 2 atom stereocenters. The smallest absolute Gasteiger partial charge is 0.352 e. The number of thioether (sulfide) groups is 2. The monoisotopic (exact) mass is 539 g/mol. The molecule has 13 heteroatoms. The van der Waals surface area contributed by atoms with E-state index < -0.39 is 29.2 Å². The van der Waals surface area contributed by atoms with Gasteiger partial charge in [-0.15, -0.1) is 23.1 Å². The highest BCUT2D eigenvalue weighted by Crippen LogP contribution is 2.42. The van der Waals surface area contributed by atoms with Crippen molar-refractivity contribution in [3.05, 3.63) is 45.2 Å². The highest BCUT2D eigenvalue weighted by atomic mass is 32.2. The predicted molar refractivity (Wildman–Crippen MR) is 132 cm³/mol. The average molecular weight is 540 g/mol. The first-order valence-corrected chi connectivity index (χ1v) is 14.1. The number of aryl methyl sites for hydroxylation is 2. The number of carbonyl (C=O) groups is 3. The van der Waals surface area contributed by atoms with Gasteiger partial charge >= 0.3 is 5.97 Å². The molecule has 180 valence electrons. The maximum Gasteiger partial charge on any atom is 0.352 e. The number of carbonyl (C=O) groups excluding carboxylic acids is 2. The van der Waals surface area contributed by atoms with Crippen molar-refractivity contribution in [1.82, 2.24) is 15.2 Å². The maximum atomic E-state index is 12.9. The van der Waals surface area contributed by atoms with Gasteiger partial charge in [0.2, 0.25) is 0 Å². The summed E-state index contributed by atoms with van der Waals surface area (Å²) in [5.41, 5.74) is 1.38. The molecule has 0 spiro atoms. The van der Waals surface area contributed by atoms with Gasteiger partial charge in [0.1, 0.15) is 33.2 Å². The minimum Gasteiger partial charge on any atom is -0.477 e. The largest absolute Gasteiger partial charge is 0.477 e. The zero-order valence-corrected chi connectivity index (χ0v) is 21.5. The molecule has 1 saturated heterocycles. The van der Waals surface area contributed by atoms with Crippen LogP contribution in [0.4, 0.5) is 0 Å². The summed E-state index contributed by atoms with van der Waals surface area (Å²) in [5.74, 6) is -0.958. The molecule has 0 aliphatic carbocycles. The number of hydrogen-bond donors (Lipinski definition) is 2. The molecule has 1 unspecified atom stereocenters. The van der Waals surface area contributed by atoms with Crippen molar-refractivity contribution in [2.75, 3.05) is 11.5 Å². The van der Waals surface area contributed by atoms with Crippen LogP contribution < -0.4 is 5.32 Å². The molecular weight excluding hydrogens is 519 g/mol. The first-order valence-electron chi connectivity index (χ1n) is 10.4. The standard InChI is InChI=1S/C21H21N3O6S4/c1-3-11-21(30-13(4-2)22-11)33-9-10-8-32-19-14(18(26)24(19)15(10)20(27)28)23-17(25)16(34-29)12-6-5-7-31-12/h5-7,14,19H,3-4,8-9H2,1-2H3,(H,23,25)(H,27,28)/t14?,19-/m1/s1. The first-order chi connectivity index (χ1) is 16.4. The third kappa shape index (κ3) is 4.61. The topological polar surface area (TPSA) is 130 Å². The number of fused-ring (bicyclic) bond motifs is 1. The van der Waals surface area contributed by atoms with Gasteiger partial charge in [0.15, 0.2) is 11.0 Å². The molecule has 0 aromatic carbocycles. The van der Waals surface area contributed by atoms with Gasteiger partial charge in [-0.3, -0.25) is 14.5 Å². The number of carboxylic acid groups (broad SMARTS) is 1. The third-order valence-corrected chi connectivity index (χ3v) is 9.29.